The van der Waals surface area contributed by atoms with Gasteiger partial charge in [0.15, 0.2) is 11.6 Å². The van der Waals surface area contributed by atoms with Crippen LogP contribution in [-0.4, -0.2) is 29.2 Å². The number of benzene rings is 2. The fraction of sp³-hybridized carbons (Fsp3) is 0.528. The van der Waals surface area contributed by atoms with Crippen LogP contribution in [0.4, 0.5) is 8.78 Å². The van der Waals surface area contributed by atoms with Crippen LogP contribution in [0.2, 0.25) is 0 Å². The molecule has 1 aliphatic rings. The Morgan fingerprint density at radius 1 is 0.727 bits per heavy atom. The van der Waals surface area contributed by atoms with Crippen LogP contribution in [0.1, 0.15) is 114 Å². The standard InChI is InChI=1S/C36H46F2N2O4/c1-2-3-4-5-9-13-24-43-36-39-25-29(26-40-36)28-17-19-30(20-18-28)44-35(41)31-21-22-32(34(38)33(31)37)42-23-12-10-7-6-8-11-14-27-15-16-27/h17-22,25-27H,2-16,23-24H2,1H3. The molecule has 0 radical (unpaired) electrons. The highest BCUT2D eigenvalue weighted by Gasteiger charge is 2.22. The fourth-order valence-electron chi connectivity index (χ4n) is 5.09. The smallest absolute Gasteiger partial charge is 0.346 e. The van der Waals surface area contributed by atoms with Gasteiger partial charge in [-0.3, -0.25) is 0 Å². The molecule has 1 aliphatic carbocycles. The lowest BCUT2D eigenvalue weighted by Gasteiger charge is -2.11. The normalized spacial score (nSPS) is 12.7. The minimum Gasteiger partial charge on any atom is -0.490 e. The van der Waals surface area contributed by atoms with Crippen LogP contribution < -0.4 is 14.2 Å². The van der Waals surface area contributed by atoms with Gasteiger partial charge in [-0.15, -0.1) is 0 Å². The van der Waals surface area contributed by atoms with Crippen molar-refractivity contribution < 1.29 is 27.8 Å². The predicted molar refractivity (Wildman–Crippen MR) is 168 cm³/mol. The van der Waals surface area contributed by atoms with E-state index in [1.165, 1.54) is 76.3 Å². The molecule has 3 aromatic rings. The van der Waals surface area contributed by atoms with Gasteiger partial charge in [-0.25, -0.2) is 19.2 Å². The van der Waals surface area contributed by atoms with E-state index in [-0.39, 0.29) is 11.5 Å². The van der Waals surface area contributed by atoms with Gasteiger partial charge in [0.1, 0.15) is 5.75 Å². The average Bonchev–Trinajstić information content (AvgIpc) is 3.87. The van der Waals surface area contributed by atoms with Crippen LogP contribution in [0.5, 0.6) is 17.5 Å². The number of esters is 1. The van der Waals surface area contributed by atoms with E-state index in [2.05, 4.69) is 16.9 Å². The Morgan fingerprint density at radius 3 is 2.00 bits per heavy atom. The van der Waals surface area contributed by atoms with E-state index in [1.807, 2.05) is 0 Å². The molecule has 0 aliphatic heterocycles. The quantitative estimate of drug-likeness (QED) is 0.0681. The maximum Gasteiger partial charge on any atom is 0.346 e. The SMILES string of the molecule is CCCCCCCCOc1ncc(-c2ccc(OC(=O)c3ccc(OCCCCCCCCC4CC4)c(F)c3F)cc2)cn1. The highest BCUT2D eigenvalue weighted by atomic mass is 19.2. The third kappa shape index (κ3) is 11.2. The van der Waals surface area contributed by atoms with E-state index >= 15 is 0 Å². The third-order valence-corrected chi connectivity index (χ3v) is 7.98. The van der Waals surface area contributed by atoms with Crippen molar-refractivity contribution in [3.05, 3.63) is 66.0 Å². The highest BCUT2D eigenvalue weighted by molar-refractivity contribution is 5.91. The lowest BCUT2D eigenvalue weighted by molar-refractivity contribution is 0.0728. The van der Waals surface area contributed by atoms with E-state index in [4.69, 9.17) is 14.2 Å². The summed E-state index contributed by atoms with van der Waals surface area (Å²) in [5, 5.41) is 0. The lowest BCUT2D eigenvalue weighted by Crippen LogP contribution is -2.12. The van der Waals surface area contributed by atoms with E-state index < -0.39 is 23.2 Å². The number of carbonyl (C=O) groups is 1. The number of hydrogen-bond acceptors (Lipinski definition) is 6. The number of rotatable bonds is 21. The van der Waals surface area contributed by atoms with Gasteiger partial charge in [-0.05, 0) is 48.6 Å². The summed E-state index contributed by atoms with van der Waals surface area (Å²) in [6.07, 6.45) is 21.3. The zero-order chi connectivity index (χ0) is 31.0. The maximum atomic E-state index is 14.7. The van der Waals surface area contributed by atoms with Crippen LogP contribution >= 0.6 is 0 Å². The number of hydrogen-bond donors (Lipinski definition) is 0. The number of aromatic nitrogens is 2. The molecule has 4 rings (SSSR count). The molecule has 0 spiro atoms. The Balaban J connectivity index is 1.18. The van der Waals surface area contributed by atoms with Crippen molar-refractivity contribution in [2.24, 2.45) is 5.92 Å². The Morgan fingerprint density at radius 2 is 1.34 bits per heavy atom. The monoisotopic (exact) mass is 608 g/mol. The molecule has 0 unspecified atom stereocenters. The van der Waals surface area contributed by atoms with E-state index in [0.29, 0.717) is 19.2 Å². The van der Waals surface area contributed by atoms with Gasteiger partial charge in [0.05, 0.1) is 18.8 Å². The van der Waals surface area contributed by atoms with Crippen molar-refractivity contribution in [1.29, 1.82) is 0 Å². The summed E-state index contributed by atoms with van der Waals surface area (Å²) in [6.45, 7) is 3.09. The summed E-state index contributed by atoms with van der Waals surface area (Å²) in [5.74, 6) is -2.47. The van der Waals surface area contributed by atoms with Crippen molar-refractivity contribution in [3.63, 3.8) is 0 Å². The Bertz CT molecular complexity index is 1280. The summed E-state index contributed by atoms with van der Waals surface area (Å²) in [7, 11) is 0. The Labute approximate surface area is 260 Å². The number of unbranched alkanes of at least 4 members (excludes halogenated alkanes) is 10. The van der Waals surface area contributed by atoms with Crippen molar-refractivity contribution >= 4 is 5.97 Å². The first kappa shape index (κ1) is 33.3. The molecule has 238 valence electrons. The summed E-state index contributed by atoms with van der Waals surface area (Å²) in [6, 6.07) is 9.43. The molecule has 1 heterocycles. The molecule has 6 nitrogen and oxygen atoms in total. The summed E-state index contributed by atoms with van der Waals surface area (Å²) in [4.78, 5) is 21.2. The Hall–Kier alpha value is -3.55. The molecule has 0 saturated heterocycles. The van der Waals surface area contributed by atoms with Gasteiger partial charge < -0.3 is 14.2 Å². The molecular formula is C36H46F2N2O4. The molecule has 1 fully saturated rings. The molecule has 0 N–H and O–H groups in total. The molecule has 1 saturated carbocycles. The van der Waals surface area contributed by atoms with Crippen LogP contribution in [-0.2, 0) is 0 Å². The molecule has 0 atom stereocenters. The van der Waals surface area contributed by atoms with Crippen molar-refractivity contribution in [2.45, 2.75) is 103 Å². The van der Waals surface area contributed by atoms with E-state index in [0.717, 1.165) is 49.1 Å². The van der Waals surface area contributed by atoms with E-state index in [1.54, 1.807) is 36.7 Å². The van der Waals surface area contributed by atoms with Gasteiger partial charge in [0, 0.05) is 18.0 Å². The second-order valence-corrected chi connectivity index (χ2v) is 11.7. The first-order chi connectivity index (χ1) is 21.5. The molecule has 44 heavy (non-hydrogen) atoms. The van der Waals surface area contributed by atoms with Gasteiger partial charge in [0.25, 0.3) is 0 Å². The van der Waals surface area contributed by atoms with Crippen LogP contribution in [0.3, 0.4) is 0 Å². The summed E-state index contributed by atoms with van der Waals surface area (Å²) in [5.41, 5.74) is 1.08. The number of nitrogens with zero attached hydrogens (tertiary/aromatic N) is 2. The number of ether oxygens (including phenoxy) is 3. The Kier molecular flexibility index (Phi) is 13.9. The second-order valence-electron chi connectivity index (χ2n) is 11.7. The minimum atomic E-state index is -1.28. The number of carbonyl (C=O) groups excluding carboxylic acids is 1. The van der Waals surface area contributed by atoms with Gasteiger partial charge in [-0.1, -0.05) is 103 Å². The predicted octanol–water partition coefficient (Wildman–Crippen LogP) is 9.90. The molecule has 1 aromatic heterocycles. The van der Waals surface area contributed by atoms with Crippen LogP contribution in [0.15, 0.2) is 48.8 Å². The second kappa shape index (κ2) is 18.3. The number of halogens is 2. The van der Waals surface area contributed by atoms with Crippen LogP contribution in [0, 0.1) is 17.6 Å². The third-order valence-electron chi connectivity index (χ3n) is 7.98. The molecule has 2 aromatic carbocycles. The lowest BCUT2D eigenvalue weighted by atomic mass is 10.1. The molecule has 8 heteroatoms. The molecule has 0 bridgehead atoms. The highest BCUT2D eigenvalue weighted by Crippen LogP contribution is 2.34. The summed E-state index contributed by atoms with van der Waals surface area (Å²) < 4.78 is 45.8. The molecule has 0 amide bonds. The van der Waals surface area contributed by atoms with E-state index in [9.17, 15) is 13.6 Å². The zero-order valence-corrected chi connectivity index (χ0v) is 26.0. The fourth-order valence-corrected chi connectivity index (χ4v) is 5.09. The van der Waals surface area contributed by atoms with Gasteiger partial charge in [0.2, 0.25) is 5.82 Å². The topological polar surface area (TPSA) is 70.5 Å². The minimum absolute atomic E-state index is 0.200. The van der Waals surface area contributed by atoms with Crippen LogP contribution in [0.25, 0.3) is 11.1 Å². The largest absolute Gasteiger partial charge is 0.490 e. The molecular weight excluding hydrogens is 562 g/mol. The first-order valence-corrected chi connectivity index (χ1v) is 16.4. The van der Waals surface area contributed by atoms with Crippen molar-refractivity contribution in [1.82, 2.24) is 9.97 Å². The maximum absolute atomic E-state index is 14.7. The van der Waals surface area contributed by atoms with Crippen molar-refractivity contribution in [2.75, 3.05) is 13.2 Å². The first-order valence-electron chi connectivity index (χ1n) is 16.4. The van der Waals surface area contributed by atoms with Gasteiger partial charge in [-0.2, -0.15) is 4.39 Å². The average molecular weight is 609 g/mol. The van der Waals surface area contributed by atoms with Crippen molar-refractivity contribution in [3.8, 4) is 28.6 Å². The van der Waals surface area contributed by atoms with Gasteiger partial charge >= 0.3 is 12.0 Å². The zero-order valence-electron chi connectivity index (χ0n) is 26.0. The summed E-state index contributed by atoms with van der Waals surface area (Å²) >= 11 is 0.